The topological polar surface area (TPSA) is 109 Å². The van der Waals surface area contributed by atoms with Gasteiger partial charge in [0.1, 0.15) is 12.4 Å². The van der Waals surface area contributed by atoms with Crippen LogP contribution in [0.4, 0.5) is 0 Å². The summed E-state index contributed by atoms with van der Waals surface area (Å²) in [6, 6.07) is 0. The van der Waals surface area contributed by atoms with E-state index in [-0.39, 0.29) is 18.2 Å². The van der Waals surface area contributed by atoms with Crippen LogP contribution >= 0.6 is 15.9 Å². The molecule has 3 fully saturated rings. The Morgan fingerprint density at radius 1 is 1.19 bits per heavy atom. The molecule has 8 nitrogen and oxygen atoms in total. The molecule has 0 bridgehead atoms. The van der Waals surface area contributed by atoms with Crippen molar-refractivity contribution in [3.63, 3.8) is 0 Å². The van der Waals surface area contributed by atoms with Crippen molar-refractivity contribution in [1.29, 1.82) is 0 Å². The van der Waals surface area contributed by atoms with E-state index in [1.807, 2.05) is 13.8 Å². The SMILES string of the molecule is COC(=O)[C@@H]1C[C@H](OC(C)=O)C(=O)[C@H]2[C@@]1(C)CC[C@H]1C(=O)O[C@H](c3cocc3Br)C[C@]21C. The summed E-state index contributed by atoms with van der Waals surface area (Å²) in [6.45, 7) is 5.08. The summed E-state index contributed by atoms with van der Waals surface area (Å²) in [5.74, 6) is -3.44. The summed E-state index contributed by atoms with van der Waals surface area (Å²) in [4.78, 5) is 51.4. The lowest BCUT2D eigenvalue weighted by atomic mass is 9.43. The fraction of sp³-hybridized carbons (Fsp3) is 0.652. The highest BCUT2D eigenvalue weighted by atomic mass is 79.9. The molecule has 7 atom stereocenters. The van der Waals surface area contributed by atoms with E-state index in [0.717, 1.165) is 0 Å². The van der Waals surface area contributed by atoms with Gasteiger partial charge >= 0.3 is 17.9 Å². The van der Waals surface area contributed by atoms with Crippen molar-refractivity contribution in [1.82, 2.24) is 0 Å². The fourth-order valence-electron chi connectivity index (χ4n) is 6.51. The lowest BCUT2D eigenvalue weighted by Gasteiger charge is -2.61. The molecule has 1 saturated heterocycles. The van der Waals surface area contributed by atoms with Gasteiger partial charge in [-0.15, -0.1) is 0 Å². The van der Waals surface area contributed by atoms with E-state index in [9.17, 15) is 19.2 Å². The van der Waals surface area contributed by atoms with Gasteiger partial charge < -0.3 is 18.6 Å². The van der Waals surface area contributed by atoms with Crippen LogP contribution in [0, 0.1) is 28.6 Å². The fourth-order valence-corrected chi connectivity index (χ4v) is 6.97. The summed E-state index contributed by atoms with van der Waals surface area (Å²) >= 11 is 3.42. The number of Topliss-reactive ketones (excluding diaryl/α,β-unsaturated/α-hetero) is 1. The van der Waals surface area contributed by atoms with Crippen LogP contribution in [0.3, 0.4) is 0 Å². The molecule has 3 aliphatic rings. The number of furan rings is 1. The molecule has 2 heterocycles. The third-order valence-corrected chi connectivity index (χ3v) is 8.53. The number of carbonyl (C=O) groups is 4. The van der Waals surface area contributed by atoms with Gasteiger partial charge in [0.2, 0.25) is 0 Å². The molecular weight excluding hydrogens is 484 g/mol. The second kappa shape index (κ2) is 8.01. The molecule has 1 aromatic rings. The number of halogens is 1. The predicted octanol–water partition coefficient (Wildman–Crippen LogP) is 3.76. The molecule has 0 aromatic carbocycles. The van der Waals surface area contributed by atoms with Crippen molar-refractivity contribution in [2.75, 3.05) is 7.11 Å². The maximum atomic E-state index is 13.8. The second-order valence-electron chi connectivity index (χ2n) is 9.65. The lowest BCUT2D eigenvalue weighted by Crippen LogP contribution is -2.64. The van der Waals surface area contributed by atoms with Gasteiger partial charge in [0.15, 0.2) is 11.9 Å². The number of ketones is 1. The van der Waals surface area contributed by atoms with Crippen LogP contribution in [-0.4, -0.2) is 36.9 Å². The standard InChI is InChI=1S/C23H27BrO8/c1-11(25)31-16-7-14(20(27)29-4)22(2)6-5-13-21(28)32-17(12-9-30-10-15(12)24)8-23(13,3)19(22)18(16)26/h9-10,13-14,16-17,19H,5-8H2,1-4H3/t13-,14-,16-,17-,19-,22-,23-/m0/s1. The van der Waals surface area contributed by atoms with Gasteiger partial charge in [-0.3, -0.25) is 19.2 Å². The zero-order valence-electron chi connectivity index (χ0n) is 18.5. The van der Waals surface area contributed by atoms with Gasteiger partial charge in [0, 0.05) is 24.8 Å². The molecule has 1 aliphatic heterocycles. The van der Waals surface area contributed by atoms with E-state index in [1.165, 1.54) is 26.6 Å². The van der Waals surface area contributed by atoms with E-state index in [2.05, 4.69) is 15.9 Å². The number of hydrogen-bond donors (Lipinski definition) is 0. The van der Waals surface area contributed by atoms with Crippen LogP contribution in [0.2, 0.25) is 0 Å². The molecule has 0 spiro atoms. The Bertz CT molecular complexity index is 969. The highest BCUT2D eigenvalue weighted by Crippen LogP contribution is 2.65. The highest BCUT2D eigenvalue weighted by molar-refractivity contribution is 9.10. The maximum Gasteiger partial charge on any atom is 0.310 e. The van der Waals surface area contributed by atoms with Crippen molar-refractivity contribution in [2.45, 2.75) is 58.7 Å². The Kier molecular flexibility index (Phi) is 5.76. The van der Waals surface area contributed by atoms with Gasteiger partial charge in [-0.05, 0) is 46.0 Å². The van der Waals surface area contributed by atoms with Crippen molar-refractivity contribution >= 4 is 39.6 Å². The van der Waals surface area contributed by atoms with E-state index < -0.39 is 52.7 Å². The molecule has 0 amide bonds. The first-order chi connectivity index (χ1) is 15.0. The summed E-state index contributed by atoms with van der Waals surface area (Å²) < 4.78 is 22.1. The monoisotopic (exact) mass is 510 g/mol. The smallest absolute Gasteiger partial charge is 0.310 e. The summed E-state index contributed by atoms with van der Waals surface area (Å²) in [5.41, 5.74) is -0.845. The molecule has 4 rings (SSSR count). The Hall–Kier alpha value is -2.16. The summed E-state index contributed by atoms with van der Waals surface area (Å²) in [7, 11) is 1.32. The third-order valence-electron chi connectivity index (χ3n) is 7.89. The van der Waals surface area contributed by atoms with Crippen molar-refractivity contribution < 1.29 is 37.8 Å². The Balaban J connectivity index is 1.80. The third kappa shape index (κ3) is 3.40. The molecule has 1 aromatic heterocycles. The van der Waals surface area contributed by atoms with Crippen LogP contribution in [-0.2, 0) is 33.4 Å². The van der Waals surface area contributed by atoms with Crippen LogP contribution < -0.4 is 0 Å². The Labute approximate surface area is 194 Å². The number of fused-ring (bicyclic) bond motifs is 3. The summed E-state index contributed by atoms with van der Waals surface area (Å²) in [5, 5.41) is 0. The van der Waals surface area contributed by atoms with E-state index in [4.69, 9.17) is 18.6 Å². The zero-order valence-corrected chi connectivity index (χ0v) is 20.1. The first-order valence-electron chi connectivity index (χ1n) is 10.7. The molecular formula is C23H27BrO8. The Morgan fingerprint density at radius 2 is 1.91 bits per heavy atom. The van der Waals surface area contributed by atoms with E-state index >= 15 is 0 Å². The van der Waals surface area contributed by atoms with Gasteiger partial charge in [0.25, 0.3) is 0 Å². The predicted molar refractivity (Wildman–Crippen MR) is 113 cm³/mol. The number of cyclic esters (lactones) is 1. The number of rotatable bonds is 3. The quantitative estimate of drug-likeness (QED) is 0.446. The van der Waals surface area contributed by atoms with Crippen molar-refractivity contribution in [3.05, 3.63) is 22.6 Å². The van der Waals surface area contributed by atoms with E-state index in [0.29, 0.717) is 29.3 Å². The molecule has 2 saturated carbocycles. The average molecular weight is 511 g/mol. The molecule has 0 unspecified atom stereocenters. The minimum atomic E-state index is -1.05. The van der Waals surface area contributed by atoms with Gasteiger partial charge in [-0.1, -0.05) is 13.8 Å². The first kappa shape index (κ1) is 23.0. The Morgan fingerprint density at radius 3 is 2.50 bits per heavy atom. The molecule has 0 N–H and O–H groups in total. The normalized spacial score (nSPS) is 38.8. The maximum absolute atomic E-state index is 13.8. The van der Waals surface area contributed by atoms with Crippen LogP contribution in [0.1, 0.15) is 58.1 Å². The molecule has 2 aliphatic carbocycles. The lowest BCUT2D eigenvalue weighted by molar-refractivity contribution is -0.210. The number of carbonyl (C=O) groups excluding carboxylic acids is 4. The van der Waals surface area contributed by atoms with Crippen LogP contribution in [0.25, 0.3) is 0 Å². The minimum Gasteiger partial charge on any atom is -0.471 e. The van der Waals surface area contributed by atoms with Gasteiger partial charge in [-0.2, -0.15) is 0 Å². The van der Waals surface area contributed by atoms with Crippen molar-refractivity contribution in [2.24, 2.45) is 28.6 Å². The number of hydrogen-bond acceptors (Lipinski definition) is 8. The molecule has 0 radical (unpaired) electrons. The highest BCUT2D eigenvalue weighted by Gasteiger charge is 2.67. The van der Waals surface area contributed by atoms with Gasteiger partial charge in [-0.25, -0.2) is 0 Å². The van der Waals surface area contributed by atoms with Crippen LogP contribution in [0.15, 0.2) is 21.4 Å². The minimum absolute atomic E-state index is 0.0833. The van der Waals surface area contributed by atoms with E-state index in [1.54, 1.807) is 0 Å². The zero-order chi connectivity index (χ0) is 23.4. The summed E-state index contributed by atoms with van der Waals surface area (Å²) in [6.07, 6.45) is 2.84. The number of ether oxygens (including phenoxy) is 3. The molecule has 9 heteroatoms. The van der Waals surface area contributed by atoms with Crippen molar-refractivity contribution in [3.8, 4) is 0 Å². The molecule has 174 valence electrons. The second-order valence-corrected chi connectivity index (χ2v) is 10.5. The van der Waals surface area contributed by atoms with Crippen LogP contribution in [0.5, 0.6) is 0 Å². The average Bonchev–Trinajstić information content (AvgIpc) is 3.14. The number of esters is 3. The molecule has 32 heavy (non-hydrogen) atoms. The largest absolute Gasteiger partial charge is 0.471 e. The van der Waals surface area contributed by atoms with Gasteiger partial charge in [0.05, 0.1) is 29.7 Å². The number of methoxy groups -OCH3 is 1. The first-order valence-corrected chi connectivity index (χ1v) is 11.5.